The standard InChI is InChI=1S/C13H22BrN3O2/c1-5-17-13(18)12(14)10(7-15-17)16-11(9(3)4)8-19-6-2/h7,9,11,16H,5-6,8H2,1-4H3. The third-order valence-corrected chi connectivity index (χ3v) is 3.70. The number of nitrogens with one attached hydrogen (secondary N) is 1. The van der Waals surface area contributed by atoms with Crippen LogP contribution in [0.25, 0.3) is 0 Å². The van der Waals surface area contributed by atoms with Crippen molar-refractivity contribution < 1.29 is 4.74 Å². The predicted octanol–water partition coefficient (Wildman–Crippen LogP) is 2.50. The highest BCUT2D eigenvalue weighted by Crippen LogP contribution is 2.19. The molecular weight excluding hydrogens is 310 g/mol. The molecule has 1 heterocycles. The Morgan fingerprint density at radius 3 is 2.68 bits per heavy atom. The Kier molecular flexibility index (Phi) is 6.51. The fourth-order valence-electron chi connectivity index (χ4n) is 1.64. The normalized spacial score (nSPS) is 12.7. The van der Waals surface area contributed by atoms with E-state index in [1.807, 2.05) is 13.8 Å². The topological polar surface area (TPSA) is 56.1 Å². The van der Waals surface area contributed by atoms with Crippen LogP contribution in [0.3, 0.4) is 0 Å². The molecule has 0 aliphatic carbocycles. The molecule has 0 bridgehead atoms. The van der Waals surface area contributed by atoms with E-state index in [4.69, 9.17) is 4.74 Å². The molecule has 1 aromatic rings. The van der Waals surface area contributed by atoms with Gasteiger partial charge in [0.25, 0.3) is 5.56 Å². The van der Waals surface area contributed by atoms with Gasteiger partial charge in [0.2, 0.25) is 0 Å². The lowest BCUT2D eigenvalue weighted by Crippen LogP contribution is -2.33. The smallest absolute Gasteiger partial charge is 0.283 e. The van der Waals surface area contributed by atoms with Crippen LogP contribution in [-0.2, 0) is 11.3 Å². The van der Waals surface area contributed by atoms with Gasteiger partial charge < -0.3 is 10.1 Å². The lowest BCUT2D eigenvalue weighted by Gasteiger charge is -2.23. The number of aromatic nitrogens is 2. The summed E-state index contributed by atoms with van der Waals surface area (Å²) in [4.78, 5) is 12.0. The Hall–Kier alpha value is -0.880. The van der Waals surface area contributed by atoms with Crippen molar-refractivity contribution in [2.45, 2.75) is 40.3 Å². The molecule has 0 aliphatic heterocycles. The molecule has 0 saturated heterocycles. The Labute approximate surface area is 122 Å². The van der Waals surface area contributed by atoms with Gasteiger partial charge in [0, 0.05) is 13.2 Å². The number of hydrogen-bond donors (Lipinski definition) is 1. The van der Waals surface area contributed by atoms with E-state index in [0.717, 1.165) is 0 Å². The molecular formula is C13H22BrN3O2. The maximum Gasteiger partial charge on any atom is 0.283 e. The van der Waals surface area contributed by atoms with E-state index in [1.54, 1.807) is 6.20 Å². The molecule has 0 fully saturated rings. The SMILES string of the molecule is CCOCC(Nc1cnn(CC)c(=O)c1Br)C(C)C. The largest absolute Gasteiger partial charge is 0.380 e. The number of halogens is 1. The number of anilines is 1. The second kappa shape index (κ2) is 7.65. The molecule has 1 N–H and O–H groups in total. The highest BCUT2D eigenvalue weighted by molar-refractivity contribution is 9.10. The fraction of sp³-hybridized carbons (Fsp3) is 0.692. The van der Waals surface area contributed by atoms with Gasteiger partial charge >= 0.3 is 0 Å². The van der Waals surface area contributed by atoms with Crippen molar-refractivity contribution in [1.29, 1.82) is 0 Å². The minimum absolute atomic E-state index is 0.119. The van der Waals surface area contributed by atoms with Gasteiger partial charge in [0.15, 0.2) is 0 Å². The lowest BCUT2D eigenvalue weighted by atomic mass is 10.1. The van der Waals surface area contributed by atoms with Gasteiger partial charge in [-0.05, 0) is 35.7 Å². The maximum atomic E-state index is 12.0. The van der Waals surface area contributed by atoms with Crippen LogP contribution in [0.5, 0.6) is 0 Å². The summed E-state index contributed by atoms with van der Waals surface area (Å²) in [5, 5.41) is 7.45. The van der Waals surface area contributed by atoms with Crippen molar-refractivity contribution in [2.75, 3.05) is 18.5 Å². The Bertz CT molecular complexity index is 460. The van der Waals surface area contributed by atoms with E-state index in [1.165, 1.54) is 4.68 Å². The zero-order valence-corrected chi connectivity index (χ0v) is 13.5. The van der Waals surface area contributed by atoms with Crippen LogP contribution in [0.2, 0.25) is 0 Å². The first-order chi connectivity index (χ1) is 9.01. The van der Waals surface area contributed by atoms with Crippen molar-refractivity contribution in [3.05, 3.63) is 21.0 Å². The van der Waals surface area contributed by atoms with Crippen LogP contribution in [0.4, 0.5) is 5.69 Å². The second-order valence-corrected chi connectivity index (χ2v) is 5.44. The van der Waals surface area contributed by atoms with Crippen LogP contribution in [0.15, 0.2) is 15.5 Å². The van der Waals surface area contributed by atoms with E-state index < -0.39 is 0 Å². The summed E-state index contributed by atoms with van der Waals surface area (Å²) in [6, 6.07) is 0.148. The lowest BCUT2D eigenvalue weighted by molar-refractivity contribution is 0.127. The average molecular weight is 332 g/mol. The minimum Gasteiger partial charge on any atom is -0.380 e. The van der Waals surface area contributed by atoms with Crippen molar-refractivity contribution in [3.63, 3.8) is 0 Å². The number of ether oxygens (including phenoxy) is 1. The summed E-state index contributed by atoms with van der Waals surface area (Å²) < 4.78 is 7.40. The number of nitrogens with zero attached hydrogens (tertiary/aromatic N) is 2. The highest BCUT2D eigenvalue weighted by Gasteiger charge is 2.16. The van der Waals surface area contributed by atoms with E-state index in [9.17, 15) is 4.79 Å². The van der Waals surface area contributed by atoms with Gasteiger partial charge in [-0.1, -0.05) is 13.8 Å². The monoisotopic (exact) mass is 331 g/mol. The van der Waals surface area contributed by atoms with Gasteiger partial charge in [0.05, 0.1) is 24.5 Å². The highest BCUT2D eigenvalue weighted by atomic mass is 79.9. The summed E-state index contributed by atoms with van der Waals surface area (Å²) in [6.07, 6.45) is 1.68. The molecule has 0 amide bonds. The van der Waals surface area contributed by atoms with Crippen LogP contribution >= 0.6 is 15.9 Å². The van der Waals surface area contributed by atoms with E-state index in [-0.39, 0.29) is 11.6 Å². The molecule has 108 valence electrons. The van der Waals surface area contributed by atoms with Crippen LogP contribution in [0.1, 0.15) is 27.7 Å². The molecule has 1 aromatic heterocycles. The molecule has 0 radical (unpaired) electrons. The number of hydrogen-bond acceptors (Lipinski definition) is 4. The number of rotatable bonds is 7. The number of aryl methyl sites for hydroxylation is 1. The molecule has 19 heavy (non-hydrogen) atoms. The van der Waals surface area contributed by atoms with Gasteiger partial charge in [-0.3, -0.25) is 4.79 Å². The zero-order chi connectivity index (χ0) is 14.4. The third-order valence-electron chi connectivity index (χ3n) is 2.93. The molecule has 5 nitrogen and oxygen atoms in total. The van der Waals surface area contributed by atoms with Crippen molar-refractivity contribution >= 4 is 21.6 Å². The molecule has 0 spiro atoms. The van der Waals surface area contributed by atoms with Crippen LogP contribution in [-0.4, -0.2) is 29.0 Å². The molecule has 1 unspecified atom stereocenters. The molecule has 6 heteroatoms. The Morgan fingerprint density at radius 2 is 2.16 bits per heavy atom. The van der Waals surface area contributed by atoms with Gasteiger partial charge in [-0.2, -0.15) is 5.10 Å². The van der Waals surface area contributed by atoms with E-state index in [0.29, 0.717) is 35.8 Å². The van der Waals surface area contributed by atoms with Crippen molar-refractivity contribution in [1.82, 2.24) is 9.78 Å². The summed E-state index contributed by atoms with van der Waals surface area (Å²) >= 11 is 3.34. The van der Waals surface area contributed by atoms with E-state index >= 15 is 0 Å². The predicted molar refractivity (Wildman–Crippen MR) is 80.6 cm³/mol. The minimum atomic E-state index is -0.119. The second-order valence-electron chi connectivity index (χ2n) is 4.65. The van der Waals surface area contributed by atoms with Gasteiger partial charge in [0.1, 0.15) is 4.47 Å². The van der Waals surface area contributed by atoms with Crippen molar-refractivity contribution in [2.24, 2.45) is 5.92 Å². The van der Waals surface area contributed by atoms with Crippen molar-refractivity contribution in [3.8, 4) is 0 Å². The van der Waals surface area contributed by atoms with Crippen LogP contribution < -0.4 is 10.9 Å². The summed E-state index contributed by atoms with van der Waals surface area (Å²) in [5.41, 5.74) is 0.597. The first kappa shape index (κ1) is 16.2. The zero-order valence-electron chi connectivity index (χ0n) is 11.9. The summed E-state index contributed by atoms with van der Waals surface area (Å²) in [6.45, 7) is 9.94. The molecule has 1 rings (SSSR count). The van der Waals surface area contributed by atoms with Gasteiger partial charge in [-0.25, -0.2) is 4.68 Å². The third kappa shape index (κ3) is 4.31. The van der Waals surface area contributed by atoms with Crippen LogP contribution in [0, 0.1) is 5.92 Å². The van der Waals surface area contributed by atoms with E-state index in [2.05, 4.69) is 40.2 Å². The molecule has 0 aromatic carbocycles. The molecule has 0 saturated carbocycles. The first-order valence-corrected chi connectivity index (χ1v) is 7.40. The average Bonchev–Trinajstić information content (AvgIpc) is 2.39. The maximum absolute atomic E-state index is 12.0. The summed E-state index contributed by atoms with van der Waals surface area (Å²) in [7, 11) is 0. The van der Waals surface area contributed by atoms with Gasteiger partial charge in [-0.15, -0.1) is 0 Å². The first-order valence-electron chi connectivity index (χ1n) is 6.61. The molecule has 0 aliphatic rings. The Balaban J connectivity index is 2.91. The molecule has 1 atom stereocenters. The summed E-state index contributed by atoms with van der Waals surface area (Å²) in [5.74, 6) is 0.395. The Morgan fingerprint density at radius 1 is 1.47 bits per heavy atom. The quantitative estimate of drug-likeness (QED) is 0.834. The fourth-order valence-corrected chi connectivity index (χ4v) is 2.06.